The summed E-state index contributed by atoms with van der Waals surface area (Å²) < 4.78 is 27.5. The lowest BCUT2D eigenvalue weighted by Gasteiger charge is -2.36. The van der Waals surface area contributed by atoms with Gasteiger partial charge in [0.25, 0.3) is 0 Å². The summed E-state index contributed by atoms with van der Waals surface area (Å²) in [5.74, 6) is -0.507. The standard InChI is InChI=1S/C17H26N4O4S.ClH/c1-12(17(23)21-10-4-3-5-15(21)11-18)20-26(24,25)16-8-6-14(7-9-16)19-13(2)22;/h6-9,12,15,20H,3-5,10-11,18H2,1-2H3,(H,19,22);1H. The molecule has 1 heterocycles. The smallest absolute Gasteiger partial charge is 0.241 e. The number of benzene rings is 1. The molecule has 0 bridgehead atoms. The molecule has 0 saturated carbocycles. The first kappa shape index (κ1) is 23.4. The molecule has 2 unspecified atom stereocenters. The van der Waals surface area contributed by atoms with Crippen LogP contribution in [0.3, 0.4) is 0 Å². The van der Waals surface area contributed by atoms with Crippen LogP contribution in [-0.2, 0) is 19.6 Å². The highest BCUT2D eigenvalue weighted by molar-refractivity contribution is 7.89. The van der Waals surface area contributed by atoms with Crippen molar-refractivity contribution < 1.29 is 18.0 Å². The molecule has 10 heteroatoms. The van der Waals surface area contributed by atoms with Gasteiger partial charge in [0.1, 0.15) is 0 Å². The van der Waals surface area contributed by atoms with Gasteiger partial charge >= 0.3 is 0 Å². The minimum atomic E-state index is -3.85. The Morgan fingerprint density at radius 2 is 1.89 bits per heavy atom. The average Bonchev–Trinajstić information content (AvgIpc) is 2.60. The molecule has 2 rings (SSSR count). The number of hydrogen-bond acceptors (Lipinski definition) is 5. The lowest BCUT2D eigenvalue weighted by molar-refractivity contribution is -0.136. The van der Waals surface area contributed by atoms with Gasteiger partial charge in [0.05, 0.1) is 10.9 Å². The lowest BCUT2D eigenvalue weighted by Crippen LogP contribution is -2.54. The molecule has 1 aliphatic heterocycles. The number of nitrogens with one attached hydrogen (secondary N) is 2. The van der Waals surface area contributed by atoms with Crippen molar-refractivity contribution in [1.82, 2.24) is 9.62 Å². The molecule has 27 heavy (non-hydrogen) atoms. The second-order valence-corrected chi connectivity index (χ2v) is 8.18. The van der Waals surface area contributed by atoms with Crippen LogP contribution in [0.2, 0.25) is 0 Å². The van der Waals surface area contributed by atoms with E-state index in [1.54, 1.807) is 4.90 Å². The SMILES string of the molecule is CC(=O)Nc1ccc(S(=O)(=O)NC(C)C(=O)N2CCCCC2CN)cc1.Cl. The summed E-state index contributed by atoms with van der Waals surface area (Å²) in [7, 11) is -3.85. The number of piperidine rings is 1. The maximum atomic E-state index is 12.6. The Bertz CT molecular complexity index is 755. The lowest BCUT2D eigenvalue weighted by atomic mass is 10.0. The number of nitrogens with zero attached hydrogens (tertiary/aromatic N) is 1. The number of carbonyl (C=O) groups excluding carboxylic acids is 2. The third-order valence-corrected chi connectivity index (χ3v) is 5.93. The highest BCUT2D eigenvalue weighted by atomic mass is 35.5. The molecule has 1 aromatic carbocycles. The molecule has 0 spiro atoms. The quantitative estimate of drug-likeness (QED) is 0.638. The Balaban J connectivity index is 0.00000364. The molecule has 4 N–H and O–H groups in total. The Morgan fingerprint density at radius 1 is 1.26 bits per heavy atom. The third kappa shape index (κ3) is 6.17. The number of nitrogens with two attached hydrogens (primary N) is 1. The maximum Gasteiger partial charge on any atom is 0.241 e. The summed E-state index contributed by atoms with van der Waals surface area (Å²) in [6.45, 7) is 3.87. The highest BCUT2D eigenvalue weighted by Gasteiger charge is 2.31. The van der Waals surface area contributed by atoms with E-state index in [4.69, 9.17) is 5.73 Å². The first-order valence-electron chi connectivity index (χ1n) is 8.65. The monoisotopic (exact) mass is 418 g/mol. The summed E-state index contributed by atoms with van der Waals surface area (Å²) in [5.41, 5.74) is 6.24. The van der Waals surface area contributed by atoms with Gasteiger partial charge < -0.3 is 16.0 Å². The van der Waals surface area contributed by atoms with Crippen molar-refractivity contribution in [1.29, 1.82) is 0 Å². The van der Waals surface area contributed by atoms with Gasteiger partial charge in [0, 0.05) is 31.7 Å². The number of sulfonamides is 1. The zero-order valence-electron chi connectivity index (χ0n) is 15.5. The maximum absolute atomic E-state index is 12.6. The van der Waals surface area contributed by atoms with Gasteiger partial charge in [-0.2, -0.15) is 4.72 Å². The number of halogens is 1. The van der Waals surface area contributed by atoms with E-state index in [2.05, 4.69) is 10.0 Å². The Morgan fingerprint density at radius 3 is 2.44 bits per heavy atom. The summed E-state index contributed by atoms with van der Waals surface area (Å²) in [6.07, 6.45) is 2.76. The van der Waals surface area contributed by atoms with Gasteiger partial charge in [-0.05, 0) is 50.5 Å². The van der Waals surface area contributed by atoms with Crippen LogP contribution in [0.1, 0.15) is 33.1 Å². The molecule has 152 valence electrons. The molecular weight excluding hydrogens is 392 g/mol. The second-order valence-electron chi connectivity index (χ2n) is 6.47. The van der Waals surface area contributed by atoms with Crippen molar-refractivity contribution in [3.8, 4) is 0 Å². The number of rotatable bonds is 6. The van der Waals surface area contributed by atoms with Gasteiger partial charge in [-0.25, -0.2) is 8.42 Å². The third-order valence-electron chi connectivity index (χ3n) is 4.37. The predicted molar refractivity (Wildman–Crippen MR) is 106 cm³/mol. The van der Waals surface area contributed by atoms with E-state index in [1.165, 1.54) is 38.1 Å². The van der Waals surface area contributed by atoms with Gasteiger partial charge in [-0.3, -0.25) is 9.59 Å². The minimum absolute atomic E-state index is 0. The summed E-state index contributed by atoms with van der Waals surface area (Å²) >= 11 is 0. The van der Waals surface area contributed by atoms with Crippen molar-refractivity contribution in [2.24, 2.45) is 5.73 Å². The fourth-order valence-electron chi connectivity index (χ4n) is 3.06. The van der Waals surface area contributed by atoms with Gasteiger partial charge in [-0.15, -0.1) is 12.4 Å². The molecule has 1 saturated heterocycles. The van der Waals surface area contributed by atoms with Crippen molar-refractivity contribution in [2.75, 3.05) is 18.4 Å². The van der Waals surface area contributed by atoms with Crippen molar-refractivity contribution >= 4 is 39.9 Å². The normalized spacial score (nSPS) is 18.3. The van der Waals surface area contributed by atoms with Crippen LogP contribution >= 0.6 is 12.4 Å². The molecule has 2 amide bonds. The van der Waals surface area contributed by atoms with Crippen molar-refractivity contribution in [2.45, 2.75) is 50.1 Å². The molecule has 0 radical (unpaired) electrons. The zero-order chi connectivity index (χ0) is 19.3. The minimum Gasteiger partial charge on any atom is -0.337 e. The number of carbonyl (C=O) groups is 2. The number of anilines is 1. The first-order valence-corrected chi connectivity index (χ1v) is 10.1. The Labute approximate surface area is 166 Å². The predicted octanol–water partition coefficient (Wildman–Crippen LogP) is 1.07. The van der Waals surface area contributed by atoms with Gasteiger partial charge in [-0.1, -0.05) is 0 Å². The van der Waals surface area contributed by atoms with Crippen LogP contribution < -0.4 is 15.8 Å². The van der Waals surface area contributed by atoms with E-state index in [-0.39, 0.29) is 35.2 Å². The van der Waals surface area contributed by atoms with E-state index in [0.29, 0.717) is 18.8 Å². The number of hydrogen-bond donors (Lipinski definition) is 3. The number of likely N-dealkylation sites (tertiary alicyclic amines) is 1. The fraction of sp³-hybridized carbons (Fsp3) is 0.529. The largest absolute Gasteiger partial charge is 0.337 e. The van der Waals surface area contributed by atoms with E-state index in [0.717, 1.165) is 19.3 Å². The highest BCUT2D eigenvalue weighted by Crippen LogP contribution is 2.18. The number of amides is 2. The summed E-state index contributed by atoms with van der Waals surface area (Å²) in [5, 5.41) is 2.57. The van der Waals surface area contributed by atoms with Crippen molar-refractivity contribution in [3.63, 3.8) is 0 Å². The Kier molecular flexibility index (Phi) is 8.67. The molecule has 1 fully saturated rings. The van der Waals surface area contributed by atoms with Crippen LogP contribution in [0.4, 0.5) is 5.69 Å². The van der Waals surface area contributed by atoms with E-state index >= 15 is 0 Å². The molecule has 1 aromatic rings. The van der Waals surface area contributed by atoms with Crippen LogP contribution in [-0.4, -0.2) is 50.3 Å². The first-order chi connectivity index (χ1) is 12.2. The zero-order valence-corrected chi connectivity index (χ0v) is 17.1. The molecule has 1 aliphatic rings. The van der Waals surface area contributed by atoms with Crippen LogP contribution in [0, 0.1) is 0 Å². The van der Waals surface area contributed by atoms with E-state index in [9.17, 15) is 18.0 Å². The van der Waals surface area contributed by atoms with E-state index < -0.39 is 16.1 Å². The molecule has 0 aromatic heterocycles. The average molecular weight is 419 g/mol. The topological polar surface area (TPSA) is 122 Å². The summed E-state index contributed by atoms with van der Waals surface area (Å²) in [6, 6.07) is 4.83. The van der Waals surface area contributed by atoms with Crippen LogP contribution in [0.5, 0.6) is 0 Å². The molecule has 0 aliphatic carbocycles. The molecular formula is C17H27ClN4O4S. The molecule has 8 nitrogen and oxygen atoms in total. The second kappa shape index (κ2) is 10.0. The van der Waals surface area contributed by atoms with Crippen molar-refractivity contribution in [3.05, 3.63) is 24.3 Å². The van der Waals surface area contributed by atoms with Crippen LogP contribution in [0.15, 0.2) is 29.2 Å². The fourth-order valence-corrected chi connectivity index (χ4v) is 4.25. The van der Waals surface area contributed by atoms with Gasteiger partial charge in [0.2, 0.25) is 21.8 Å². The Hall–Kier alpha value is -1.68. The van der Waals surface area contributed by atoms with E-state index in [1.807, 2.05) is 0 Å². The van der Waals surface area contributed by atoms with Gasteiger partial charge in [0.15, 0.2) is 0 Å². The summed E-state index contributed by atoms with van der Waals surface area (Å²) in [4.78, 5) is 25.4. The molecule has 2 atom stereocenters. The van der Waals surface area contributed by atoms with Crippen LogP contribution in [0.25, 0.3) is 0 Å².